The molecule has 1 aromatic heterocycles. The van der Waals surface area contributed by atoms with Crippen molar-refractivity contribution in [2.24, 2.45) is 0 Å². The summed E-state index contributed by atoms with van der Waals surface area (Å²) in [6.07, 6.45) is 4.00. The Kier molecular flexibility index (Phi) is 3.51. The number of piperidine rings is 1. The topological polar surface area (TPSA) is 15.3 Å². The van der Waals surface area contributed by atoms with Crippen LogP contribution in [0.25, 0.3) is 0 Å². The van der Waals surface area contributed by atoms with Gasteiger partial charge in [-0.2, -0.15) is 0 Å². The van der Waals surface area contributed by atoms with Gasteiger partial charge in [0.25, 0.3) is 0 Å². The van der Waals surface area contributed by atoms with Crippen molar-refractivity contribution in [2.45, 2.75) is 19.3 Å². The highest BCUT2D eigenvalue weighted by Crippen LogP contribution is 2.31. The molecule has 1 saturated heterocycles. The number of anilines is 3. The van der Waals surface area contributed by atoms with Crippen molar-refractivity contribution in [3.05, 3.63) is 41.8 Å². The molecule has 0 radical (unpaired) electrons. The van der Waals surface area contributed by atoms with Crippen LogP contribution in [0.5, 0.6) is 0 Å². The lowest BCUT2D eigenvalue weighted by molar-refractivity contribution is 0.578. The lowest BCUT2D eigenvalue weighted by atomic mass is 10.1. The first kappa shape index (κ1) is 11.6. The van der Waals surface area contributed by atoms with Gasteiger partial charge in [0.15, 0.2) is 0 Å². The molecule has 0 spiro atoms. The minimum Gasteiger partial charge on any atom is -0.370 e. The molecule has 0 unspecified atom stereocenters. The second-order valence-corrected chi connectivity index (χ2v) is 5.61. The summed E-state index contributed by atoms with van der Waals surface area (Å²) < 4.78 is 0. The zero-order valence-corrected chi connectivity index (χ0v) is 11.2. The average molecular weight is 258 g/mol. The molecule has 18 heavy (non-hydrogen) atoms. The van der Waals surface area contributed by atoms with Crippen LogP contribution in [0.3, 0.4) is 0 Å². The summed E-state index contributed by atoms with van der Waals surface area (Å²) in [7, 11) is 0. The first-order valence-corrected chi connectivity index (χ1v) is 7.46. The van der Waals surface area contributed by atoms with Gasteiger partial charge < -0.3 is 10.2 Å². The number of nitrogens with one attached hydrogen (secondary N) is 1. The third-order valence-corrected chi connectivity index (χ3v) is 4.17. The Balaban J connectivity index is 1.84. The summed E-state index contributed by atoms with van der Waals surface area (Å²) in [5.41, 5.74) is 2.56. The maximum Gasteiger partial charge on any atom is 0.0927 e. The van der Waals surface area contributed by atoms with Crippen LogP contribution in [0.4, 0.5) is 16.4 Å². The van der Waals surface area contributed by atoms with Gasteiger partial charge in [0.1, 0.15) is 0 Å². The van der Waals surface area contributed by atoms with Crippen molar-refractivity contribution in [2.75, 3.05) is 23.3 Å². The minimum atomic E-state index is 1.18. The first-order valence-electron chi connectivity index (χ1n) is 6.58. The molecule has 1 aliphatic heterocycles. The molecule has 0 bridgehead atoms. The lowest BCUT2D eigenvalue weighted by Gasteiger charge is -2.30. The average Bonchev–Trinajstić information content (AvgIpc) is 2.93. The lowest BCUT2D eigenvalue weighted by Crippen LogP contribution is -2.29. The van der Waals surface area contributed by atoms with E-state index in [1.807, 2.05) is 0 Å². The number of benzene rings is 1. The molecule has 2 heterocycles. The molecule has 1 fully saturated rings. The molecule has 0 atom stereocenters. The molecule has 0 aliphatic carbocycles. The fourth-order valence-corrected chi connectivity index (χ4v) is 3.10. The zero-order valence-electron chi connectivity index (χ0n) is 10.4. The number of rotatable bonds is 3. The van der Waals surface area contributed by atoms with Crippen LogP contribution in [0, 0.1) is 0 Å². The van der Waals surface area contributed by atoms with Gasteiger partial charge in [-0.25, -0.2) is 0 Å². The van der Waals surface area contributed by atoms with Gasteiger partial charge in [0, 0.05) is 13.1 Å². The van der Waals surface area contributed by atoms with Crippen molar-refractivity contribution < 1.29 is 0 Å². The Bertz CT molecular complexity index is 487. The molecule has 2 nitrogen and oxygen atoms in total. The highest BCUT2D eigenvalue weighted by Gasteiger charge is 2.14. The fraction of sp³-hybridized carbons (Fsp3) is 0.333. The molecule has 1 aliphatic rings. The van der Waals surface area contributed by atoms with E-state index in [-0.39, 0.29) is 0 Å². The van der Waals surface area contributed by atoms with Gasteiger partial charge in [-0.3, -0.25) is 0 Å². The highest BCUT2D eigenvalue weighted by atomic mass is 32.1. The smallest absolute Gasteiger partial charge is 0.0927 e. The van der Waals surface area contributed by atoms with Crippen LogP contribution in [-0.4, -0.2) is 13.1 Å². The Morgan fingerprint density at radius 3 is 2.56 bits per heavy atom. The van der Waals surface area contributed by atoms with Gasteiger partial charge in [-0.05, 0) is 48.9 Å². The molecular formula is C15H18N2S. The van der Waals surface area contributed by atoms with E-state index in [1.54, 1.807) is 11.3 Å². The summed E-state index contributed by atoms with van der Waals surface area (Å²) in [5.74, 6) is 0. The number of para-hydroxylation sites is 2. The predicted molar refractivity (Wildman–Crippen MR) is 80.1 cm³/mol. The van der Waals surface area contributed by atoms with Crippen LogP contribution >= 0.6 is 11.3 Å². The molecule has 94 valence electrons. The molecule has 3 heteroatoms. The standard InChI is InChI=1S/C15H18N2S/c1-4-10-17(11-5-1)14-8-3-2-7-13(14)16-15-9-6-12-18-15/h2-3,6-9,12,16H,1,4-5,10-11H2. The summed E-state index contributed by atoms with van der Waals surface area (Å²) in [6.45, 7) is 2.37. The molecule has 0 saturated carbocycles. The highest BCUT2D eigenvalue weighted by molar-refractivity contribution is 7.14. The molecular weight excluding hydrogens is 240 g/mol. The number of hydrogen-bond acceptors (Lipinski definition) is 3. The zero-order chi connectivity index (χ0) is 12.2. The second kappa shape index (κ2) is 5.44. The van der Waals surface area contributed by atoms with Gasteiger partial charge in [0.05, 0.1) is 16.4 Å². The summed E-state index contributed by atoms with van der Waals surface area (Å²) in [4.78, 5) is 2.50. The SMILES string of the molecule is c1csc(Nc2ccccc2N2CCCCC2)c1. The van der Waals surface area contributed by atoms with E-state index in [0.717, 1.165) is 0 Å². The van der Waals surface area contributed by atoms with Gasteiger partial charge >= 0.3 is 0 Å². The third-order valence-electron chi connectivity index (χ3n) is 3.38. The van der Waals surface area contributed by atoms with E-state index in [2.05, 4.69) is 52.0 Å². The van der Waals surface area contributed by atoms with Crippen molar-refractivity contribution in [1.82, 2.24) is 0 Å². The molecule has 0 amide bonds. The fourth-order valence-electron chi connectivity index (χ4n) is 2.47. The van der Waals surface area contributed by atoms with Crippen LogP contribution in [0.1, 0.15) is 19.3 Å². The maximum atomic E-state index is 3.53. The first-order chi connectivity index (χ1) is 8.93. The molecule has 1 aromatic carbocycles. The van der Waals surface area contributed by atoms with Crippen LogP contribution in [-0.2, 0) is 0 Å². The maximum absolute atomic E-state index is 3.53. The summed E-state index contributed by atoms with van der Waals surface area (Å²) in [5, 5.41) is 6.84. The largest absolute Gasteiger partial charge is 0.370 e. The van der Waals surface area contributed by atoms with E-state index in [9.17, 15) is 0 Å². The Morgan fingerprint density at radius 1 is 0.944 bits per heavy atom. The number of nitrogens with zero attached hydrogens (tertiary/aromatic N) is 1. The number of thiophene rings is 1. The van der Waals surface area contributed by atoms with Crippen LogP contribution in [0.2, 0.25) is 0 Å². The predicted octanol–water partition coefficient (Wildman–Crippen LogP) is 4.48. The van der Waals surface area contributed by atoms with E-state index >= 15 is 0 Å². The van der Waals surface area contributed by atoms with E-state index in [4.69, 9.17) is 0 Å². The molecule has 2 aromatic rings. The molecule has 1 N–H and O–H groups in total. The minimum absolute atomic E-state index is 1.18. The monoisotopic (exact) mass is 258 g/mol. The van der Waals surface area contributed by atoms with Crippen LogP contribution < -0.4 is 10.2 Å². The Hall–Kier alpha value is -1.48. The number of hydrogen-bond donors (Lipinski definition) is 1. The van der Waals surface area contributed by atoms with Gasteiger partial charge in [-0.15, -0.1) is 11.3 Å². The van der Waals surface area contributed by atoms with Crippen molar-refractivity contribution in [3.63, 3.8) is 0 Å². The van der Waals surface area contributed by atoms with E-state index < -0.39 is 0 Å². The summed E-state index contributed by atoms with van der Waals surface area (Å²) in [6, 6.07) is 12.8. The van der Waals surface area contributed by atoms with Crippen molar-refractivity contribution in [1.29, 1.82) is 0 Å². The van der Waals surface area contributed by atoms with Crippen molar-refractivity contribution in [3.8, 4) is 0 Å². The quantitative estimate of drug-likeness (QED) is 0.873. The van der Waals surface area contributed by atoms with Gasteiger partial charge in [0.2, 0.25) is 0 Å². The van der Waals surface area contributed by atoms with E-state index in [0.29, 0.717) is 0 Å². The Labute approximate surface area is 112 Å². The van der Waals surface area contributed by atoms with E-state index in [1.165, 1.54) is 48.7 Å². The Morgan fingerprint density at radius 2 is 1.78 bits per heavy atom. The molecule has 3 rings (SSSR count). The van der Waals surface area contributed by atoms with Crippen molar-refractivity contribution >= 4 is 27.7 Å². The van der Waals surface area contributed by atoms with Gasteiger partial charge in [-0.1, -0.05) is 12.1 Å². The normalized spacial score (nSPS) is 15.7. The third kappa shape index (κ3) is 2.51. The second-order valence-electron chi connectivity index (χ2n) is 4.67. The van der Waals surface area contributed by atoms with Crippen LogP contribution in [0.15, 0.2) is 41.8 Å². The summed E-state index contributed by atoms with van der Waals surface area (Å²) >= 11 is 1.74.